The van der Waals surface area contributed by atoms with Gasteiger partial charge in [-0.2, -0.15) is 0 Å². The van der Waals surface area contributed by atoms with Crippen molar-refractivity contribution in [2.45, 2.75) is 6.42 Å². The van der Waals surface area contributed by atoms with Crippen LogP contribution in [0.3, 0.4) is 0 Å². The summed E-state index contributed by atoms with van der Waals surface area (Å²) in [5, 5.41) is 0. The van der Waals surface area contributed by atoms with Crippen LogP contribution in [0.2, 0.25) is 0 Å². The normalized spacial score (nSPS) is 9.80. The number of halogens is 1. The van der Waals surface area contributed by atoms with Crippen LogP contribution < -0.4 is 4.74 Å². The Morgan fingerprint density at radius 2 is 2.07 bits per heavy atom. The van der Waals surface area contributed by atoms with Crippen LogP contribution >= 0.6 is 0 Å². The molecule has 0 bridgehead atoms. The number of ether oxygens (including phenoxy) is 1. The molecule has 0 spiro atoms. The summed E-state index contributed by atoms with van der Waals surface area (Å²) in [6, 6.07) is 6.14. The Labute approximate surface area is 88.5 Å². The van der Waals surface area contributed by atoms with Crippen molar-refractivity contribution in [1.29, 1.82) is 0 Å². The van der Waals surface area contributed by atoms with Gasteiger partial charge in [-0.25, -0.2) is 4.39 Å². The van der Waals surface area contributed by atoms with Gasteiger partial charge in [0.1, 0.15) is 0 Å². The molecule has 1 aromatic rings. The summed E-state index contributed by atoms with van der Waals surface area (Å²) in [5.74, 6) is -0.259. The lowest BCUT2D eigenvalue weighted by Gasteiger charge is -2.11. The topological polar surface area (TPSA) is 29.5 Å². The molecule has 0 aliphatic carbocycles. The molecular weight excluding hydrogens is 197 g/mol. The largest absolute Gasteiger partial charge is 0.490 e. The zero-order valence-corrected chi connectivity index (χ0v) is 8.87. The van der Waals surface area contributed by atoms with Crippen LogP contribution in [-0.4, -0.2) is 31.5 Å². The Bertz CT molecular complexity index is 339. The number of carbonyl (C=O) groups is 1. The van der Waals surface area contributed by atoms with Crippen molar-refractivity contribution in [2.75, 3.05) is 20.7 Å². The molecule has 3 nitrogen and oxygen atoms in total. The van der Waals surface area contributed by atoms with E-state index in [-0.39, 0.29) is 24.7 Å². The first-order chi connectivity index (χ1) is 7.11. The Morgan fingerprint density at radius 3 is 2.67 bits per heavy atom. The Hall–Kier alpha value is -1.58. The highest BCUT2D eigenvalue weighted by atomic mass is 19.1. The lowest BCUT2D eigenvalue weighted by atomic mass is 10.3. The van der Waals surface area contributed by atoms with E-state index in [1.54, 1.807) is 26.2 Å². The van der Waals surface area contributed by atoms with E-state index in [1.807, 2.05) is 0 Å². The van der Waals surface area contributed by atoms with Crippen molar-refractivity contribution in [3.05, 3.63) is 30.1 Å². The number of nitrogens with zero attached hydrogens (tertiary/aromatic N) is 1. The van der Waals surface area contributed by atoms with Gasteiger partial charge < -0.3 is 9.64 Å². The average molecular weight is 211 g/mol. The minimum absolute atomic E-state index is 0.0358. The fourth-order valence-corrected chi connectivity index (χ4v) is 1.03. The first kappa shape index (κ1) is 11.5. The highest BCUT2D eigenvalue weighted by Crippen LogP contribution is 2.15. The minimum Gasteiger partial charge on any atom is -0.490 e. The van der Waals surface area contributed by atoms with E-state index in [2.05, 4.69) is 0 Å². The molecule has 1 amide bonds. The number of amides is 1. The second-order valence-corrected chi connectivity index (χ2v) is 3.32. The first-order valence-electron chi connectivity index (χ1n) is 4.68. The Morgan fingerprint density at radius 1 is 1.40 bits per heavy atom. The standard InChI is InChI=1S/C11H14FNO2/c1-13(2)11(14)7-8-15-10-6-4-3-5-9(10)12/h3-6H,7-8H2,1-2H3. The van der Waals surface area contributed by atoms with E-state index < -0.39 is 5.82 Å². The molecule has 4 heteroatoms. The van der Waals surface area contributed by atoms with Crippen molar-refractivity contribution in [2.24, 2.45) is 0 Å². The molecule has 0 fully saturated rings. The molecule has 0 aliphatic rings. The second-order valence-electron chi connectivity index (χ2n) is 3.32. The van der Waals surface area contributed by atoms with Crippen LogP contribution in [0.4, 0.5) is 4.39 Å². The van der Waals surface area contributed by atoms with Crippen molar-refractivity contribution in [1.82, 2.24) is 4.90 Å². The van der Waals surface area contributed by atoms with Gasteiger partial charge in [-0.15, -0.1) is 0 Å². The highest BCUT2D eigenvalue weighted by Gasteiger charge is 2.05. The summed E-state index contributed by atoms with van der Waals surface area (Å²) in [6.07, 6.45) is 0.251. The van der Waals surface area contributed by atoms with Crippen molar-refractivity contribution >= 4 is 5.91 Å². The van der Waals surface area contributed by atoms with Gasteiger partial charge in [0, 0.05) is 14.1 Å². The van der Waals surface area contributed by atoms with Gasteiger partial charge in [-0.3, -0.25) is 4.79 Å². The van der Waals surface area contributed by atoms with Gasteiger partial charge in [-0.1, -0.05) is 12.1 Å². The zero-order chi connectivity index (χ0) is 11.3. The van der Waals surface area contributed by atoms with E-state index in [4.69, 9.17) is 4.74 Å². The summed E-state index contributed by atoms with van der Waals surface area (Å²) < 4.78 is 18.2. The predicted octanol–water partition coefficient (Wildman–Crippen LogP) is 1.68. The van der Waals surface area contributed by atoms with Gasteiger partial charge in [-0.05, 0) is 12.1 Å². The summed E-state index contributed by atoms with van der Waals surface area (Å²) in [7, 11) is 3.34. The van der Waals surface area contributed by atoms with Crippen molar-refractivity contribution in [3.63, 3.8) is 0 Å². The molecule has 0 saturated heterocycles. The number of benzene rings is 1. The van der Waals surface area contributed by atoms with Crippen molar-refractivity contribution in [3.8, 4) is 5.75 Å². The molecular formula is C11H14FNO2. The fourth-order valence-electron chi connectivity index (χ4n) is 1.03. The Balaban J connectivity index is 2.38. The van der Waals surface area contributed by atoms with E-state index in [1.165, 1.54) is 17.0 Å². The third-order valence-electron chi connectivity index (χ3n) is 1.91. The van der Waals surface area contributed by atoms with Gasteiger partial charge in [0.05, 0.1) is 13.0 Å². The number of hydrogen-bond donors (Lipinski definition) is 0. The summed E-state index contributed by atoms with van der Waals surface area (Å²) in [5.41, 5.74) is 0. The van der Waals surface area contributed by atoms with Crippen LogP contribution in [-0.2, 0) is 4.79 Å². The minimum atomic E-state index is -0.408. The summed E-state index contributed by atoms with van der Waals surface area (Å²) in [4.78, 5) is 12.6. The van der Waals surface area contributed by atoms with Crippen LogP contribution in [0.15, 0.2) is 24.3 Å². The number of hydrogen-bond acceptors (Lipinski definition) is 2. The third-order valence-corrected chi connectivity index (χ3v) is 1.91. The van der Waals surface area contributed by atoms with Gasteiger partial charge in [0.15, 0.2) is 11.6 Å². The molecule has 0 atom stereocenters. The van der Waals surface area contributed by atoms with Gasteiger partial charge in [0.2, 0.25) is 5.91 Å². The number of para-hydroxylation sites is 1. The molecule has 1 aromatic carbocycles. The molecule has 1 rings (SSSR count). The maximum absolute atomic E-state index is 13.1. The second kappa shape index (κ2) is 5.34. The van der Waals surface area contributed by atoms with Gasteiger partial charge >= 0.3 is 0 Å². The smallest absolute Gasteiger partial charge is 0.225 e. The summed E-state index contributed by atoms with van der Waals surface area (Å²) in [6.45, 7) is 0.192. The maximum atomic E-state index is 13.1. The third kappa shape index (κ3) is 3.58. The van der Waals surface area contributed by atoms with Crippen LogP contribution in [0.25, 0.3) is 0 Å². The van der Waals surface area contributed by atoms with E-state index in [0.717, 1.165) is 0 Å². The lowest BCUT2D eigenvalue weighted by molar-refractivity contribution is -0.129. The Kier molecular flexibility index (Phi) is 4.09. The van der Waals surface area contributed by atoms with E-state index >= 15 is 0 Å². The van der Waals surface area contributed by atoms with Crippen LogP contribution in [0.1, 0.15) is 6.42 Å². The molecule has 0 aliphatic heterocycles. The lowest BCUT2D eigenvalue weighted by Crippen LogP contribution is -2.23. The summed E-state index contributed by atoms with van der Waals surface area (Å²) >= 11 is 0. The monoisotopic (exact) mass is 211 g/mol. The molecule has 0 N–H and O–H groups in total. The fraction of sp³-hybridized carbons (Fsp3) is 0.364. The van der Waals surface area contributed by atoms with Gasteiger partial charge in [0.25, 0.3) is 0 Å². The molecule has 0 aromatic heterocycles. The van der Waals surface area contributed by atoms with Crippen LogP contribution in [0.5, 0.6) is 5.75 Å². The molecule has 0 radical (unpaired) electrons. The van der Waals surface area contributed by atoms with Crippen molar-refractivity contribution < 1.29 is 13.9 Å². The predicted molar refractivity (Wildman–Crippen MR) is 55.2 cm³/mol. The quantitative estimate of drug-likeness (QED) is 0.758. The molecule has 82 valence electrons. The van der Waals surface area contributed by atoms with Crippen LogP contribution in [0, 0.1) is 5.82 Å². The molecule has 0 heterocycles. The first-order valence-corrected chi connectivity index (χ1v) is 4.68. The SMILES string of the molecule is CN(C)C(=O)CCOc1ccccc1F. The average Bonchev–Trinajstić information content (AvgIpc) is 2.20. The highest BCUT2D eigenvalue weighted by molar-refractivity contribution is 5.75. The zero-order valence-electron chi connectivity index (χ0n) is 8.87. The molecule has 15 heavy (non-hydrogen) atoms. The number of rotatable bonds is 4. The maximum Gasteiger partial charge on any atom is 0.225 e. The molecule has 0 saturated carbocycles. The molecule has 0 unspecified atom stereocenters. The van der Waals surface area contributed by atoms with E-state index in [0.29, 0.717) is 0 Å². The van der Waals surface area contributed by atoms with E-state index in [9.17, 15) is 9.18 Å². The number of carbonyl (C=O) groups excluding carboxylic acids is 1.